The number of nitrogens with zero attached hydrogens (tertiary/aromatic N) is 1. The number of hydrogen-bond acceptors (Lipinski definition) is 3. The Morgan fingerprint density at radius 3 is 2.35 bits per heavy atom. The second-order valence-corrected chi connectivity index (χ2v) is 5.72. The summed E-state index contributed by atoms with van der Waals surface area (Å²) in [4.78, 5) is 14.6. The van der Waals surface area contributed by atoms with Gasteiger partial charge in [0.1, 0.15) is 11.5 Å². The number of piperidine rings is 1. The van der Waals surface area contributed by atoms with Gasteiger partial charge in [0.25, 0.3) is 5.91 Å². The first-order valence-electron chi connectivity index (χ1n) is 7.06. The largest absolute Gasteiger partial charge is 0.497 e. The van der Waals surface area contributed by atoms with Crippen molar-refractivity contribution < 1.29 is 14.3 Å². The normalized spacial score (nSPS) is 22.5. The molecule has 1 aromatic carbocycles. The van der Waals surface area contributed by atoms with Crippen LogP contribution in [-0.2, 0) is 0 Å². The van der Waals surface area contributed by atoms with E-state index in [2.05, 4.69) is 13.8 Å². The molecule has 0 saturated carbocycles. The van der Waals surface area contributed by atoms with Gasteiger partial charge in [-0.15, -0.1) is 0 Å². The second kappa shape index (κ2) is 6.16. The van der Waals surface area contributed by atoms with Gasteiger partial charge in [-0.3, -0.25) is 4.79 Å². The molecular weight excluding hydrogens is 254 g/mol. The highest BCUT2D eigenvalue weighted by Gasteiger charge is 2.27. The smallest absolute Gasteiger partial charge is 0.257 e. The molecule has 0 unspecified atom stereocenters. The molecule has 0 aromatic heterocycles. The lowest BCUT2D eigenvalue weighted by molar-refractivity contribution is 0.0620. The number of amides is 1. The first-order valence-corrected chi connectivity index (χ1v) is 7.06. The van der Waals surface area contributed by atoms with Gasteiger partial charge in [-0.1, -0.05) is 13.8 Å². The third-order valence-electron chi connectivity index (χ3n) is 3.80. The summed E-state index contributed by atoms with van der Waals surface area (Å²) >= 11 is 0. The molecule has 0 N–H and O–H groups in total. The standard InChI is InChI=1S/C16H23NO3/c1-11-7-12(2)10-17(9-11)16(18)14-6-5-13(19-3)8-15(14)20-4/h5-6,8,11-12H,7,9-10H2,1-4H3/t11-,12-/m0/s1. The molecule has 2 rings (SSSR count). The van der Waals surface area contributed by atoms with Crippen molar-refractivity contribution in [3.05, 3.63) is 23.8 Å². The molecule has 0 spiro atoms. The van der Waals surface area contributed by atoms with Crippen LogP contribution in [0.3, 0.4) is 0 Å². The zero-order chi connectivity index (χ0) is 14.7. The molecular formula is C16H23NO3. The summed E-state index contributed by atoms with van der Waals surface area (Å²) in [5.41, 5.74) is 0.606. The van der Waals surface area contributed by atoms with E-state index in [1.807, 2.05) is 4.90 Å². The van der Waals surface area contributed by atoms with Gasteiger partial charge in [-0.05, 0) is 30.4 Å². The van der Waals surface area contributed by atoms with Crippen molar-refractivity contribution in [2.24, 2.45) is 11.8 Å². The number of methoxy groups -OCH3 is 2. The lowest BCUT2D eigenvalue weighted by Gasteiger charge is -2.35. The van der Waals surface area contributed by atoms with Crippen molar-refractivity contribution in [3.8, 4) is 11.5 Å². The Balaban J connectivity index is 2.24. The predicted octanol–water partition coefficient (Wildman–Crippen LogP) is 2.82. The summed E-state index contributed by atoms with van der Waals surface area (Å²) < 4.78 is 10.5. The van der Waals surface area contributed by atoms with E-state index in [0.29, 0.717) is 28.9 Å². The summed E-state index contributed by atoms with van der Waals surface area (Å²) in [6, 6.07) is 5.33. The quantitative estimate of drug-likeness (QED) is 0.852. The number of likely N-dealkylation sites (tertiary alicyclic amines) is 1. The molecule has 0 radical (unpaired) electrons. The van der Waals surface area contributed by atoms with Gasteiger partial charge in [0.05, 0.1) is 19.8 Å². The van der Waals surface area contributed by atoms with E-state index in [9.17, 15) is 4.79 Å². The Hall–Kier alpha value is -1.71. The van der Waals surface area contributed by atoms with Crippen molar-refractivity contribution in [3.63, 3.8) is 0 Å². The summed E-state index contributed by atoms with van der Waals surface area (Å²) in [5, 5.41) is 0. The average Bonchev–Trinajstić information content (AvgIpc) is 2.44. The highest BCUT2D eigenvalue weighted by molar-refractivity contribution is 5.97. The van der Waals surface area contributed by atoms with Gasteiger partial charge in [0, 0.05) is 19.2 Å². The fourth-order valence-corrected chi connectivity index (χ4v) is 2.97. The number of ether oxygens (including phenoxy) is 2. The van der Waals surface area contributed by atoms with E-state index >= 15 is 0 Å². The maximum atomic E-state index is 12.7. The van der Waals surface area contributed by atoms with Crippen molar-refractivity contribution >= 4 is 5.91 Å². The van der Waals surface area contributed by atoms with E-state index in [-0.39, 0.29) is 5.91 Å². The van der Waals surface area contributed by atoms with Gasteiger partial charge in [-0.2, -0.15) is 0 Å². The Morgan fingerprint density at radius 1 is 1.15 bits per heavy atom. The maximum Gasteiger partial charge on any atom is 0.257 e. The van der Waals surface area contributed by atoms with Crippen LogP contribution in [0.2, 0.25) is 0 Å². The summed E-state index contributed by atoms with van der Waals surface area (Å²) in [6.45, 7) is 6.03. The molecule has 0 bridgehead atoms. The summed E-state index contributed by atoms with van der Waals surface area (Å²) in [7, 11) is 3.18. The van der Waals surface area contributed by atoms with Crippen LogP contribution >= 0.6 is 0 Å². The monoisotopic (exact) mass is 277 g/mol. The number of benzene rings is 1. The predicted molar refractivity (Wildman–Crippen MR) is 78.4 cm³/mol. The minimum atomic E-state index is 0.0444. The molecule has 4 heteroatoms. The number of carbonyl (C=O) groups excluding carboxylic acids is 1. The Morgan fingerprint density at radius 2 is 1.80 bits per heavy atom. The van der Waals surface area contributed by atoms with Crippen molar-refractivity contribution in [2.45, 2.75) is 20.3 Å². The molecule has 1 aliphatic rings. The van der Waals surface area contributed by atoms with E-state index in [1.54, 1.807) is 32.4 Å². The molecule has 1 fully saturated rings. The van der Waals surface area contributed by atoms with Crippen LogP contribution in [0.1, 0.15) is 30.6 Å². The molecule has 0 aliphatic carbocycles. The van der Waals surface area contributed by atoms with Crippen molar-refractivity contribution in [2.75, 3.05) is 27.3 Å². The fourth-order valence-electron chi connectivity index (χ4n) is 2.97. The molecule has 110 valence electrons. The first-order chi connectivity index (χ1) is 9.55. The lowest BCUT2D eigenvalue weighted by atomic mass is 9.91. The third-order valence-corrected chi connectivity index (χ3v) is 3.80. The average molecular weight is 277 g/mol. The van der Waals surface area contributed by atoms with E-state index in [0.717, 1.165) is 13.1 Å². The minimum Gasteiger partial charge on any atom is -0.497 e. The molecule has 20 heavy (non-hydrogen) atoms. The molecule has 1 amide bonds. The van der Waals surface area contributed by atoms with E-state index < -0.39 is 0 Å². The van der Waals surface area contributed by atoms with Crippen molar-refractivity contribution in [1.29, 1.82) is 0 Å². The van der Waals surface area contributed by atoms with Crippen molar-refractivity contribution in [1.82, 2.24) is 4.90 Å². The zero-order valence-corrected chi connectivity index (χ0v) is 12.7. The molecule has 1 heterocycles. The van der Waals surface area contributed by atoms with Gasteiger partial charge < -0.3 is 14.4 Å². The highest BCUT2D eigenvalue weighted by Crippen LogP contribution is 2.28. The maximum absolute atomic E-state index is 12.7. The number of rotatable bonds is 3. The van der Waals surface area contributed by atoms with Crippen LogP contribution in [0, 0.1) is 11.8 Å². The van der Waals surface area contributed by atoms with E-state index in [4.69, 9.17) is 9.47 Å². The summed E-state index contributed by atoms with van der Waals surface area (Å²) in [6.07, 6.45) is 1.18. The molecule has 1 aliphatic heterocycles. The zero-order valence-electron chi connectivity index (χ0n) is 12.7. The summed E-state index contributed by atoms with van der Waals surface area (Å²) in [5.74, 6) is 2.40. The van der Waals surface area contributed by atoms with Crippen LogP contribution in [0.25, 0.3) is 0 Å². The van der Waals surface area contributed by atoms with Gasteiger partial charge >= 0.3 is 0 Å². The topological polar surface area (TPSA) is 38.8 Å². The molecule has 1 aromatic rings. The molecule has 4 nitrogen and oxygen atoms in total. The van der Waals surface area contributed by atoms with Gasteiger partial charge in [0.2, 0.25) is 0 Å². The first kappa shape index (κ1) is 14.7. The number of hydrogen-bond donors (Lipinski definition) is 0. The molecule has 2 atom stereocenters. The second-order valence-electron chi connectivity index (χ2n) is 5.72. The SMILES string of the molecule is COc1ccc(C(=O)N2C[C@@H](C)C[C@H](C)C2)c(OC)c1. The third kappa shape index (κ3) is 3.06. The van der Waals surface area contributed by atoms with Crippen LogP contribution in [0.15, 0.2) is 18.2 Å². The highest BCUT2D eigenvalue weighted by atomic mass is 16.5. The Bertz CT molecular complexity index is 477. The van der Waals surface area contributed by atoms with Crippen LogP contribution in [0.4, 0.5) is 0 Å². The lowest BCUT2D eigenvalue weighted by Crippen LogP contribution is -2.42. The number of carbonyl (C=O) groups is 1. The van der Waals surface area contributed by atoms with Crippen LogP contribution in [0.5, 0.6) is 11.5 Å². The van der Waals surface area contributed by atoms with Gasteiger partial charge in [-0.25, -0.2) is 0 Å². The fraction of sp³-hybridized carbons (Fsp3) is 0.562. The van der Waals surface area contributed by atoms with Crippen LogP contribution < -0.4 is 9.47 Å². The van der Waals surface area contributed by atoms with E-state index in [1.165, 1.54) is 6.42 Å². The molecule has 1 saturated heterocycles. The Labute approximate surface area is 120 Å². The van der Waals surface area contributed by atoms with Gasteiger partial charge in [0.15, 0.2) is 0 Å². The Kier molecular flexibility index (Phi) is 4.53. The van der Waals surface area contributed by atoms with Crippen LogP contribution in [-0.4, -0.2) is 38.1 Å². The minimum absolute atomic E-state index is 0.0444.